The Hall–Kier alpha value is -3.09. The molecule has 4 atom stereocenters. The molecule has 0 unspecified atom stereocenters. The number of nitrogens with one attached hydrogen (secondary N) is 4. The predicted molar refractivity (Wildman–Crippen MR) is 151 cm³/mol. The second-order valence-corrected chi connectivity index (χ2v) is 13.1. The molecule has 0 spiro atoms. The summed E-state index contributed by atoms with van der Waals surface area (Å²) in [5.41, 5.74) is 3.19. The van der Waals surface area contributed by atoms with Crippen LogP contribution in [0.3, 0.4) is 0 Å². The highest BCUT2D eigenvalue weighted by molar-refractivity contribution is 7.21. The molecule has 2 amide bonds. The van der Waals surface area contributed by atoms with Crippen molar-refractivity contribution in [2.75, 3.05) is 10.6 Å². The van der Waals surface area contributed by atoms with Crippen molar-refractivity contribution in [3.8, 4) is 10.6 Å². The molecule has 3 aromatic heterocycles. The number of anilines is 2. The van der Waals surface area contributed by atoms with Crippen LogP contribution >= 0.6 is 11.3 Å². The molecule has 3 heterocycles. The molecule has 11 nitrogen and oxygen atoms in total. The Morgan fingerprint density at radius 1 is 1.03 bits per heavy atom. The topological polar surface area (TPSA) is 157 Å². The largest absolute Gasteiger partial charge is 0.388 e. The summed E-state index contributed by atoms with van der Waals surface area (Å²) in [7, 11) is 0. The summed E-state index contributed by atoms with van der Waals surface area (Å²) in [6.45, 7) is 8.03. The standard InChI is InChI=1S/C27H36N8O3S/c1-12-18(24-33-20-17(39-24)9-10-28-19(20)13-5-6-13)23(34-25(29-12)35-27(2,3)4)31-15-11-16(22(37)21(15)36)32-26(38)30-14-7-8-14/h9-10,13-16,21-22,36-37H,5-8,11H2,1-4H3,(H2,30,32,38)(H2,29,31,34,35)/t15-,16+,21+,22-/m1/s1. The zero-order valence-corrected chi connectivity index (χ0v) is 23.5. The van der Waals surface area contributed by atoms with Gasteiger partial charge < -0.3 is 31.5 Å². The van der Waals surface area contributed by atoms with Crippen molar-refractivity contribution in [3.05, 3.63) is 23.7 Å². The Morgan fingerprint density at radius 3 is 2.46 bits per heavy atom. The zero-order chi connectivity index (χ0) is 27.5. The minimum atomic E-state index is -1.11. The Balaban J connectivity index is 1.33. The number of aliphatic hydroxyl groups is 2. The summed E-state index contributed by atoms with van der Waals surface area (Å²) in [5.74, 6) is 1.45. The maximum atomic E-state index is 12.3. The molecule has 6 rings (SSSR count). The number of hydrogen-bond donors (Lipinski definition) is 6. The third-order valence-electron chi connectivity index (χ3n) is 7.32. The SMILES string of the molecule is Cc1nc(NC(C)(C)C)nc(N[C@@H]2C[C@H](NC(=O)NC3CC3)[C@@H](O)[C@H]2O)c1-c1nc2c(C3CC3)nccc2s1. The van der Waals surface area contributed by atoms with Crippen molar-refractivity contribution in [3.63, 3.8) is 0 Å². The highest BCUT2D eigenvalue weighted by Crippen LogP contribution is 2.44. The van der Waals surface area contributed by atoms with Crippen LogP contribution in [-0.2, 0) is 0 Å². The number of amides is 2. The lowest BCUT2D eigenvalue weighted by atomic mass is 10.1. The van der Waals surface area contributed by atoms with E-state index in [4.69, 9.17) is 15.0 Å². The minimum Gasteiger partial charge on any atom is -0.388 e. The molecule has 0 aliphatic heterocycles. The zero-order valence-electron chi connectivity index (χ0n) is 22.7. The molecule has 0 saturated heterocycles. The van der Waals surface area contributed by atoms with Gasteiger partial charge in [-0.15, -0.1) is 11.3 Å². The number of carbonyl (C=O) groups is 1. The van der Waals surface area contributed by atoms with E-state index in [9.17, 15) is 15.0 Å². The molecule has 3 aliphatic carbocycles. The van der Waals surface area contributed by atoms with Gasteiger partial charge in [-0.2, -0.15) is 4.98 Å². The van der Waals surface area contributed by atoms with Gasteiger partial charge in [-0.3, -0.25) is 4.98 Å². The molecular weight excluding hydrogens is 516 g/mol. The number of thiazole rings is 1. The predicted octanol–water partition coefficient (Wildman–Crippen LogP) is 3.28. The van der Waals surface area contributed by atoms with Gasteiger partial charge in [0.25, 0.3) is 0 Å². The molecule has 3 saturated carbocycles. The number of aromatic nitrogens is 4. The van der Waals surface area contributed by atoms with Crippen LogP contribution in [-0.4, -0.2) is 72.1 Å². The summed E-state index contributed by atoms with van der Waals surface area (Å²) < 4.78 is 1.06. The van der Waals surface area contributed by atoms with Crippen molar-refractivity contribution < 1.29 is 15.0 Å². The maximum Gasteiger partial charge on any atom is 0.315 e. The van der Waals surface area contributed by atoms with Crippen LogP contribution in [0.2, 0.25) is 0 Å². The molecule has 0 radical (unpaired) electrons. The van der Waals surface area contributed by atoms with Crippen molar-refractivity contribution in [1.82, 2.24) is 30.6 Å². The molecule has 0 aromatic carbocycles. The fourth-order valence-corrected chi connectivity index (χ4v) is 6.15. The van der Waals surface area contributed by atoms with Gasteiger partial charge in [0.05, 0.1) is 33.7 Å². The lowest BCUT2D eigenvalue weighted by molar-refractivity contribution is 0.0281. The third kappa shape index (κ3) is 5.64. The Kier molecular flexibility index (Phi) is 6.59. The second-order valence-electron chi connectivity index (χ2n) is 12.0. The highest BCUT2D eigenvalue weighted by atomic mass is 32.1. The molecule has 3 aliphatic rings. The quantitative estimate of drug-likeness (QED) is 0.259. The summed E-state index contributed by atoms with van der Waals surface area (Å²) >= 11 is 1.57. The molecule has 39 heavy (non-hydrogen) atoms. The molecule has 0 bridgehead atoms. The number of aliphatic hydroxyl groups excluding tert-OH is 2. The summed E-state index contributed by atoms with van der Waals surface area (Å²) in [4.78, 5) is 31.5. The molecule has 3 fully saturated rings. The van der Waals surface area contributed by atoms with E-state index in [1.54, 1.807) is 11.3 Å². The van der Waals surface area contributed by atoms with Crippen LogP contribution in [0.5, 0.6) is 0 Å². The summed E-state index contributed by atoms with van der Waals surface area (Å²) in [6.07, 6.45) is 4.18. The van der Waals surface area contributed by atoms with Crippen molar-refractivity contribution in [2.24, 2.45) is 0 Å². The van der Waals surface area contributed by atoms with Gasteiger partial charge in [0.1, 0.15) is 28.6 Å². The van der Waals surface area contributed by atoms with Crippen LogP contribution in [0.25, 0.3) is 20.8 Å². The second kappa shape index (κ2) is 9.83. The third-order valence-corrected chi connectivity index (χ3v) is 8.36. The normalized spacial score (nSPS) is 25.1. The first-order valence-corrected chi connectivity index (χ1v) is 14.5. The Bertz CT molecular complexity index is 1400. The average molecular weight is 553 g/mol. The first-order valence-electron chi connectivity index (χ1n) is 13.7. The highest BCUT2D eigenvalue weighted by Gasteiger charge is 2.43. The lowest BCUT2D eigenvalue weighted by Crippen LogP contribution is -2.47. The van der Waals surface area contributed by atoms with Crippen LogP contribution < -0.4 is 21.3 Å². The fraction of sp³-hybridized carbons (Fsp3) is 0.593. The first-order chi connectivity index (χ1) is 18.6. The fourth-order valence-electron chi connectivity index (χ4n) is 5.08. The monoisotopic (exact) mass is 552 g/mol. The summed E-state index contributed by atoms with van der Waals surface area (Å²) in [5, 5.41) is 34.9. The number of aryl methyl sites for hydroxylation is 1. The van der Waals surface area contributed by atoms with Gasteiger partial charge in [-0.1, -0.05) is 0 Å². The minimum absolute atomic E-state index is 0.201. The molecular formula is C27H36N8O3S. The van der Waals surface area contributed by atoms with E-state index in [1.165, 1.54) is 0 Å². The van der Waals surface area contributed by atoms with Crippen LogP contribution in [0.4, 0.5) is 16.6 Å². The molecule has 3 aromatic rings. The average Bonchev–Trinajstić information content (AvgIpc) is 3.78. The van der Waals surface area contributed by atoms with Gasteiger partial charge in [0.15, 0.2) is 0 Å². The van der Waals surface area contributed by atoms with E-state index in [2.05, 4.69) is 26.3 Å². The number of hydrogen-bond acceptors (Lipinski definition) is 10. The van der Waals surface area contributed by atoms with E-state index in [0.29, 0.717) is 24.1 Å². The van der Waals surface area contributed by atoms with Gasteiger partial charge in [0.2, 0.25) is 5.95 Å². The van der Waals surface area contributed by atoms with Gasteiger partial charge in [-0.05, 0) is 65.9 Å². The van der Waals surface area contributed by atoms with Crippen LogP contribution in [0.1, 0.15) is 70.2 Å². The number of nitrogens with zero attached hydrogens (tertiary/aromatic N) is 4. The van der Waals surface area contributed by atoms with Crippen molar-refractivity contribution in [2.45, 2.75) is 102 Å². The number of rotatable bonds is 7. The molecule has 208 valence electrons. The first kappa shape index (κ1) is 26.1. The smallest absolute Gasteiger partial charge is 0.315 e. The van der Waals surface area contributed by atoms with Crippen LogP contribution in [0, 0.1) is 6.92 Å². The Labute approximate surface area is 231 Å². The van der Waals surface area contributed by atoms with E-state index in [1.807, 2.05) is 40.0 Å². The Morgan fingerprint density at radius 2 is 1.77 bits per heavy atom. The summed E-state index contributed by atoms with van der Waals surface area (Å²) in [6, 6.07) is 0.733. The van der Waals surface area contributed by atoms with Crippen molar-refractivity contribution >= 4 is 39.4 Å². The number of pyridine rings is 1. The lowest BCUT2D eigenvalue weighted by Gasteiger charge is -2.24. The van der Waals surface area contributed by atoms with Gasteiger partial charge >= 0.3 is 6.03 Å². The number of fused-ring (bicyclic) bond motifs is 1. The molecule has 6 N–H and O–H groups in total. The van der Waals surface area contributed by atoms with E-state index >= 15 is 0 Å². The molecule has 12 heteroatoms. The van der Waals surface area contributed by atoms with Gasteiger partial charge in [0, 0.05) is 23.7 Å². The van der Waals surface area contributed by atoms with E-state index < -0.39 is 24.3 Å². The number of carbonyl (C=O) groups excluding carboxylic acids is 1. The van der Waals surface area contributed by atoms with Gasteiger partial charge in [-0.25, -0.2) is 14.8 Å². The van der Waals surface area contributed by atoms with E-state index in [0.717, 1.165) is 57.9 Å². The maximum absolute atomic E-state index is 12.3. The number of urea groups is 1. The van der Waals surface area contributed by atoms with Crippen LogP contribution in [0.15, 0.2) is 12.3 Å². The van der Waals surface area contributed by atoms with E-state index in [-0.39, 0.29) is 17.6 Å². The van der Waals surface area contributed by atoms with Crippen molar-refractivity contribution in [1.29, 1.82) is 0 Å².